The first-order chi connectivity index (χ1) is 18.7. The van der Waals surface area contributed by atoms with Crippen molar-refractivity contribution in [2.75, 3.05) is 31.6 Å². The van der Waals surface area contributed by atoms with Crippen molar-refractivity contribution in [3.05, 3.63) is 71.0 Å². The predicted octanol–water partition coefficient (Wildman–Crippen LogP) is 5.43. The van der Waals surface area contributed by atoms with Crippen LogP contribution in [0.5, 0.6) is 5.75 Å². The van der Waals surface area contributed by atoms with Gasteiger partial charge in [-0.05, 0) is 48.7 Å². The normalized spacial score (nSPS) is 11.7. The van der Waals surface area contributed by atoms with Gasteiger partial charge in [-0.2, -0.15) is 0 Å². The molecule has 0 bridgehead atoms. The minimum atomic E-state index is -4.78. The molecule has 206 valence electrons. The maximum Gasteiger partial charge on any atom is 0.573 e. The number of anilines is 1. The highest BCUT2D eigenvalue weighted by Crippen LogP contribution is 2.31. The maximum absolute atomic E-state index is 12.3. The fourth-order valence-corrected chi connectivity index (χ4v) is 4.25. The largest absolute Gasteiger partial charge is 0.573 e. The van der Waals surface area contributed by atoms with Crippen molar-refractivity contribution in [3.63, 3.8) is 0 Å². The van der Waals surface area contributed by atoms with Crippen molar-refractivity contribution < 1.29 is 27.4 Å². The second-order valence-electron chi connectivity index (χ2n) is 8.71. The highest BCUT2D eigenvalue weighted by atomic mass is 35.5. The van der Waals surface area contributed by atoms with Crippen LogP contribution in [0, 0.1) is 0 Å². The lowest BCUT2D eigenvalue weighted by atomic mass is 10.1. The number of carbonyl (C=O) groups is 1. The maximum atomic E-state index is 12.3. The number of hydrogen-bond acceptors (Lipinski definition) is 7. The number of nitrogens with zero attached hydrogens (tertiary/aromatic N) is 2. The minimum Gasteiger partial charge on any atom is -0.404 e. The monoisotopic (exact) mass is 561 g/mol. The standard InChI is InChI=1S/C27H27ClF3N5O3/c28-22-13-17(3-6-24(22)39-27(29,30)31)15-34-10-12-38-11-2-1-8-35-26-20-7-9-33-16-21(20)19-5-4-18(25(32)37)14-23(19)36-26/h3-7,9,13-14,16,34H,1-2,8,10-12,15H2,(H2,32,37)(H,35,36). The molecule has 0 spiro atoms. The summed E-state index contributed by atoms with van der Waals surface area (Å²) >= 11 is 5.86. The zero-order chi connectivity index (χ0) is 27.8. The van der Waals surface area contributed by atoms with Crippen LogP contribution in [0.15, 0.2) is 54.9 Å². The van der Waals surface area contributed by atoms with Crippen molar-refractivity contribution in [1.82, 2.24) is 15.3 Å². The lowest BCUT2D eigenvalue weighted by molar-refractivity contribution is -0.274. The Bertz CT molecular complexity index is 1450. The molecule has 4 aromatic rings. The summed E-state index contributed by atoms with van der Waals surface area (Å²) in [4.78, 5) is 20.5. The van der Waals surface area contributed by atoms with Gasteiger partial charge in [0.15, 0.2) is 0 Å². The Morgan fingerprint density at radius 1 is 1.00 bits per heavy atom. The van der Waals surface area contributed by atoms with Gasteiger partial charge in [0.1, 0.15) is 11.6 Å². The topological polar surface area (TPSA) is 111 Å². The van der Waals surface area contributed by atoms with Gasteiger partial charge in [-0.1, -0.05) is 23.7 Å². The fraction of sp³-hybridized carbons (Fsp3) is 0.296. The van der Waals surface area contributed by atoms with E-state index in [0.29, 0.717) is 49.7 Å². The van der Waals surface area contributed by atoms with Crippen LogP contribution in [0.1, 0.15) is 28.8 Å². The third-order valence-corrected chi connectivity index (χ3v) is 6.16. The fourth-order valence-electron chi connectivity index (χ4n) is 4.01. The molecule has 2 heterocycles. The molecule has 2 aromatic heterocycles. The highest BCUT2D eigenvalue weighted by Gasteiger charge is 2.32. The Hall–Kier alpha value is -3.67. The molecule has 0 saturated carbocycles. The van der Waals surface area contributed by atoms with Crippen molar-refractivity contribution in [1.29, 1.82) is 0 Å². The van der Waals surface area contributed by atoms with Crippen molar-refractivity contribution >= 4 is 45.0 Å². The first-order valence-corrected chi connectivity index (χ1v) is 12.6. The molecule has 1 amide bonds. The number of nitrogens with one attached hydrogen (secondary N) is 2. The summed E-state index contributed by atoms with van der Waals surface area (Å²) in [7, 11) is 0. The SMILES string of the molecule is NC(=O)c1ccc2c(c1)nc(NCCCCOCCNCc1ccc(OC(F)(F)F)c(Cl)c1)c1ccncc12. The molecule has 12 heteroatoms. The van der Waals surface area contributed by atoms with E-state index in [-0.39, 0.29) is 5.02 Å². The van der Waals surface area contributed by atoms with E-state index in [1.807, 2.05) is 12.1 Å². The number of carbonyl (C=O) groups excluding carboxylic acids is 1. The Labute approximate surface area is 227 Å². The molecule has 0 aliphatic carbocycles. The zero-order valence-electron chi connectivity index (χ0n) is 20.9. The number of primary amides is 1. The molecule has 39 heavy (non-hydrogen) atoms. The van der Waals surface area contributed by atoms with E-state index < -0.39 is 18.0 Å². The van der Waals surface area contributed by atoms with Crippen molar-refractivity contribution in [2.24, 2.45) is 5.73 Å². The first kappa shape index (κ1) is 28.3. The average molecular weight is 562 g/mol. The number of hydrogen-bond donors (Lipinski definition) is 3. The van der Waals surface area contributed by atoms with E-state index in [9.17, 15) is 18.0 Å². The van der Waals surface area contributed by atoms with Gasteiger partial charge in [0.25, 0.3) is 0 Å². The van der Waals surface area contributed by atoms with Crippen LogP contribution in [0.3, 0.4) is 0 Å². The number of unbranched alkanes of at least 4 members (excludes halogenated alkanes) is 1. The molecule has 8 nitrogen and oxygen atoms in total. The van der Waals surface area contributed by atoms with E-state index in [0.717, 1.165) is 34.6 Å². The van der Waals surface area contributed by atoms with Gasteiger partial charge in [-0.15, -0.1) is 13.2 Å². The molecule has 0 atom stereocenters. The number of nitrogens with two attached hydrogens (primary N) is 1. The number of alkyl halides is 3. The quantitative estimate of drug-likeness (QED) is 0.147. The summed E-state index contributed by atoms with van der Waals surface area (Å²) in [6.07, 6.45) is 0.400. The second-order valence-corrected chi connectivity index (χ2v) is 9.12. The zero-order valence-corrected chi connectivity index (χ0v) is 21.6. The Kier molecular flexibility index (Phi) is 9.39. The van der Waals surface area contributed by atoms with Gasteiger partial charge in [-0.25, -0.2) is 4.98 Å². The lowest BCUT2D eigenvalue weighted by Crippen LogP contribution is -2.20. The molecule has 4 rings (SSSR count). The molecule has 2 aromatic carbocycles. The molecule has 4 N–H and O–H groups in total. The highest BCUT2D eigenvalue weighted by molar-refractivity contribution is 6.32. The number of benzene rings is 2. The number of ether oxygens (including phenoxy) is 2. The van der Waals surface area contributed by atoms with Crippen LogP contribution >= 0.6 is 11.6 Å². The summed E-state index contributed by atoms with van der Waals surface area (Å²) in [5.41, 5.74) is 7.22. The van der Waals surface area contributed by atoms with Crippen LogP contribution in [-0.4, -0.2) is 48.5 Å². The molecule has 0 unspecified atom stereocenters. The molecular weight excluding hydrogens is 535 g/mol. The van der Waals surface area contributed by atoms with Gasteiger partial charge in [0, 0.05) is 60.4 Å². The van der Waals surface area contributed by atoms with E-state index in [4.69, 9.17) is 27.1 Å². The summed E-state index contributed by atoms with van der Waals surface area (Å²) in [6.45, 7) is 2.76. The van der Waals surface area contributed by atoms with Crippen molar-refractivity contribution in [2.45, 2.75) is 25.7 Å². The number of amides is 1. The Morgan fingerprint density at radius 2 is 1.85 bits per heavy atom. The number of aromatic nitrogens is 2. The van der Waals surface area contributed by atoms with Gasteiger partial charge < -0.3 is 25.8 Å². The molecule has 0 aliphatic rings. The first-order valence-electron chi connectivity index (χ1n) is 12.2. The van der Waals surface area contributed by atoms with E-state index in [1.54, 1.807) is 24.5 Å². The summed E-state index contributed by atoms with van der Waals surface area (Å²) in [5.74, 6) is -0.220. The van der Waals surface area contributed by atoms with Gasteiger partial charge >= 0.3 is 6.36 Å². The number of fused-ring (bicyclic) bond motifs is 3. The number of pyridine rings is 2. The minimum absolute atomic E-state index is 0.101. The predicted molar refractivity (Wildman–Crippen MR) is 144 cm³/mol. The van der Waals surface area contributed by atoms with Crippen LogP contribution < -0.4 is 21.1 Å². The van der Waals surface area contributed by atoms with Gasteiger partial charge in [-0.3, -0.25) is 9.78 Å². The molecule has 0 aliphatic heterocycles. The lowest BCUT2D eigenvalue weighted by Gasteiger charge is -2.12. The van der Waals surface area contributed by atoms with Gasteiger partial charge in [0.05, 0.1) is 17.1 Å². The smallest absolute Gasteiger partial charge is 0.404 e. The molecule has 0 fully saturated rings. The molecule has 0 saturated heterocycles. The summed E-state index contributed by atoms with van der Waals surface area (Å²) in [6, 6.07) is 11.3. The van der Waals surface area contributed by atoms with Gasteiger partial charge in [0.2, 0.25) is 5.91 Å². The van der Waals surface area contributed by atoms with Crippen LogP contribution in [0.25, 0.3) is 21.7 Å². The molecular formula is C27H27ClF3N5O3. The third kappa shape index (κ3) is 7.92. The van der Waals surface area contributed by atoms with Crippen molar-refractivity contribution in [3.8, 4) is 5.75 Å². The van der Waals surface area contributed by atoms with Crippen LogP contribution in [0.2, 0.25) is 5.02 Å². The third-order valence-electron chi connectivity index (χ3n) is 5.86. The Balaban J connectivity index is 1.17. The molecule has 0 radical (unpaired) electrons. The summed E-state index contributed by atoms with van der Waals surface area (Å²) < 4.78 is 46.5. The van der Waals surface area contributed by atoms with Crippen LogP contribution in [-0.2, 0) is 11.3 Å². The van der Waals surface area contributed by atoms with Crippen LogP contribution in [0.4, 0.5) is 19.0 Å². The number of halogens is 4. The Morgan fingerprint density at radius 3 is 2.62 bits per heavy atom. The average Bonchev–Trinajstić information content (AvgIpc) is 2.90. The number of rotatable bonds is 13. The van der Waals surface area contributed by atoms with E-state index in [1.165, 1.54) is 18.2 Å². The summed E-state index contributed by atoms with van der Waals surface area (Å²) in [5, 5.41) is 9.20. The van der Waals surface area contributed by atoms with E-state index >= 15 is 0 Å². The van der Waals surface area contributed by atoms with E-state index in [2.05, 4.69) is 20.4 Å². The second kappa shape index (κ2) is 12.9.